The summed E-state index contributed by atoms with van der Waals surface area (Å²) in [6.07, 6.45) is 7.48. The summed E-state index contributed by atoms with van der Waals surface area (Å²) in [6.45, 7) is 2.07. The molecule has 1 amide bonds. The van der Waals surface area contributed by atoms with Crippen LogP contribution >= 0.6 is 23.3 Å². The minimum absolute atomic E-state index is 0.0851. The molecule has 0 saturated heterocycles. The van der Waals surface area contributed by atoms with Crippen LogP contribution in [0.3, 0.4) is 0 Å². The van der Waals surface area contributed by atoms with Crippen molar-refractivity contribution in [3.05, 3.63) is 36.2 Å². The molecule has 7 heteroatoms. The van der Waals surface area contributed by atoms with Crippen LogP contribution in [0.25, 0.3) is 21.5 Å². The van der Waals surface area contributed by atoms with Crippen LogP contribution in [0.15, 0.2) is 35.6 Å². The average Bonchev–Trinajstić information content (AvgIpc) is 3.12. The lowest BCUT2D eigenvalue weighted by molar-refractivity contribution is -0.119. The van der Waals surface area contributed by atoms with Gasteiger partial charge in [-0.25, -0.2) is 9.97 Å². The number of aryl methyl sites for hydroxylation is 1. The first-order valence-electron chi connectivity index (χ1n) is 9.30. The number of amides is 1. The molecule has 0 unspecified atom stereocenters. The highest BCUT2D eigenvalue weighted by Crippen LogP contribution is 2.34. The molecule has 1 aliphatic carbocycles. The van der Waals surface area contributed by atoms with Crippen molar-refractivity contribution in [2.45, 2.75) is 50.1 Å². The fourth-order valence-corrected chi connectivity index (χ4v) is 5.13. The van der Waals surface area contributed by atoms with Crippen LogP contribution < -0.4 is 5.32 Å². The Labute approximate surface area is 167 Å². The van der Waals surface area contributed by atoms with Gasteiger partial charge in [-0.1, -0.05) is 60.9 Å². The molecule has 2 aromatic heterocycles. The fraction of sp³-hybridized carbons (Fsp3) is 0.400. The summed E-state index contributed by atoms with van der Waals surface area (Å²) in [5, 5.41) is 3.99. The number of nitrogens with zero attached hydrogens (tertiary/aromatic N) is 3. The zero-order valence-corrected chi connectivity index (χ0v) is 16.9. The van der Waals surface area contributed by atoms with E-state index in [1.807, 2.05) is 0 Å². The predicted octanol–water partition coefficient (Wildman–Crippen LogP) is 4.60. The fourth-order valence-electron chi connectivity index (χ4n) is 3.40. The van der Waals surface area contributed by atoms with E-state index in [4.69, 9.17) is 0 Å². The maximum absolute atomic E-state index is 12.3. The summed E-state index contributed by atoms with van der Waals surface area (Å²) in [4.78, 5) is 21.1. The Bertz CT molecular complexity index is 933. The van der Waals surface area contributed by atoms with Crippen LogP contribution in [-0.2, 0) is 4.79 Å². The van der Waals surface area contributed by atoms with Gasteiger partial charge in [0.1, 0.15) is 27.3 Å². The Balaban J connectivity index is 1.48. The number of thioether (sulfide) groups is 1. The molecule has 0 spiro atoms. The van der Waals surface area contributed by atoms with Crippen molar-refractivity contribution < 1.29 is 4.79 Å². The highest BCUT2D eigenvalue weighted by molar-refractivity contribution is 8.00. The zero-order valence-electron chi connectivity index (χ0n) is 15.3. The van der Waals surface area contributed by atoms with E-state index in [-0.39, 0.29) is 5.91 Å². The Morgan fingerprint density at radius 3 is 2.74 bits per heavy atom. The molecule has 3 aromatic rings. The number of aromatic nitrogens is 3. The van der Waals surface area contributed by atoms with Gasteiger partial charge in [-0.3, -0.25) is 4.79 Å². The van der Waals surface area contributed by atoms with E-state index in [1.54, 1.807) is 6.33 Å². The second-order valence-electron chi connectivity index (χ2n) is 6.94. The van der Waals surface area contributed by atoms with Gasteiger partial charge in [0.05, 0.1) is 5.75 Å². The van der Waals surface area contributed by atoms with Gasteiger partial charge in [0.2, 0.25) is 5.91 Å². The molecule has 0 bridgehead atoms. The van der Waals surface area contributed by atoms with Gasteiger partial charge < -0.3 is 5.32 Å². The van der Waals surface area contributed by atoms with Crippen molar-refractivity contribution in [2.24, 2.45) is 0 Å². The molecule has 0 aliphatic heterocycles. The molecule has 1 fully saturated rings. The van der Waals surface area contributed by atoms with E-state index < -0.39 is 0 Å². The molecule has 0 radical (unpaired) electrons. The Morgan fingerprint density at radius 1 is 1.19 bits per heavy atom. The monoisotopic (exact) mass is 398 g/mol. The number of hydrogen-bond acceptors (Lipinski definition) is 6. The Hall–Kier alpha value is -1.99. The zero-order chi connectivity index (χ0) is 18.6. The molecule has 1 saturated carbocycles. The third-order valence-electron chi connectivity index (χ3n) is 4.86. The molecule has 5 nitrogen and oxygen atoms in total. The van der Waals surface area contributed by atoms with E-state index in [9.17, 15) is 4.79 Å². The predicted molar refractivity (Wildman–Crippen MR) is 111 cm³/mol. The normalized spacial score (nSPS) is 15.1. The largest absolute Gasteiger partial charge is 0.353 e. The van der Waals surface area contributed by atoms with Crippen LogP contribution in [0.1, 0.15) is 37.7 Å². The van der Waals surface area contributed by atoms with Crippen molar-refractivity contribution in [3.8, 4) is 11.3 Å². The molecule has 140 valence electrons. The highest BCUT2D eigenvalue weighted by atomic mass is 32.2. The van der Waals surface area contributed by atoms with Crippen molar-refractivity contribution in [3.63, 3.8) is 0 Å². The Morgan fingerprint density at radius 2 is 1.96 bits per heavy atom. The lowest BCUT2D eigenvalue weighted by Crippen LogP contribution is -2.37. The summed E-state index contributed by atoms with van der Waals surface area (Å²) >= 11 is 2.86. The van der Waals surface area contributed by atoms with Crippen LogP contribution in [0, 0.1) is 6.92 Å². The van der Waals surface area contributed by atoms with Crippen LogP contribution in [0.4, 0.5) is 0 Å². The maximum atomic E-state index is 12.3. The number of rotatable bonds is 5. The Kier molecular flexibility index (Phi) is 5.69. The second-order valence-corrected chi connectivity index (χ2v) is 8.68. The number of fused-ring (bicyclic) bond motifs is 1. The molecule has 2 heterocycles. The van der Waals surface area contributed by atoms with E-state index in [0.717, 1.165) is 39.3 Å². The number of carbonyl (C=O) groups is 1. The summed E-state index contributed by atoms with van der Waals surface area (Å²) in [5.74, 6) is 0.461. The SMILES string of the molecule is Cc1ccc(-c2nsc3c(SCC(=O)NC4CCCCC4)ncnc23)cc1. The van der Waals surface area contributed by atoms with E-state index in [1.165, 1.54) is 48.1 Å². The average molecular weight is 399 g/mol. The summed E-state index contributed by atoms with van der Waals surface area (Å²) < 4.78 is 5.55. The van der Waals surface area contributed by atoms with E-state index in [0.29, 0.717) is 11.8 Å². The highest BCUT2D eigenvalue weighted by Gasteiger charge is 2.18. The first-order valence-corrected chi connectivity index (χ1v) is 11.1. The maximum Gasteiger partial charge on any atom is 0.230 e. The topological polar surface area (TPSA) is 67.8 Å². The van der Waals surface area contributed by atoms with Crippen molar-refractivity contribution in [1.82, 2.24) is 19.7 Å². The number of nitrogens with one attached hydrogen (secondary N) is 1. The number of carbonyl (C=O) groups excluding carboxylic acids is 1. The van der Waals surface area contributed by atoms with Crippen LogP contribution in [0.5, 0.6) is 0 Å². The van der Waals surface area contributed by atoms with Gasteiger partial charge in [-0.05, 0) is 31.3 Å². The van der Waals surface area contributed by atoms with Gasteiger partial charge in [-0.2, -0.15) is 4.37 Å². The minimum Gasteiger partial charge on any atom is -0.353 e. The standard InChI is InChI=1S/C20H22N4OS2/c1-13-7-9-14(10-8-13)17-18-19(27-24-17)20(22-12-21-18)26-11-16(25)23-15-5-3-2-4-6-15/h7-10,12,15H,2-6,11H2,1H3,(H,23,25). The summed E-state index contributed by atoms with van der Waals surface area (Å²) in [7, 11) is 0. The number of hydrogen-bond donors (Lipinski definition) is 1. The third kappa shape index (κ3) is 4.30. The third-order valence-corrected chi connectivity index (χ3v) is 6.82. The first-order chi connectivity index (χ1) is 13.2. The molecule has 0 atom stereocenters. The van der Waals surface area contributed by atoms with Crippen LogP contribution in [0.2, 0.25) is 0 Å². The van der Waals surface area contributed by atoms with E-state index in [2.05, 4.69) is 50.8 Å². The molecule has 4 rings (SSSR count). The molecule has 1 aromatic carbocycles. The molecular weight excluding hydrogens is 376 g/mol. The summed E-state index contributed by atoms with van der Waals surface area (Å²) in [6, 6.07) is 8.63. The minimum atomic E-state index is 0.0851. The van der Waals surface area contributed by atoms with Crippen LogP contribution in [-0.4, -0.2) is 32.0 Å². The second kappa shape index (κ2) is 8.35. The molecule has 27 heavy (non-hydrogen) atoms. The summed E-state index contributed by atoms with van der Waals surface area (Å²) in [5.41, 5.74) is 4.00. The van der Waals surface area contributed by atoms with Crippen molar-refractivity contribution in [2.75, 3.05) is 5.75 Å². The van der Waals surface area contributed by atoms with Crippen molar-refractivity contribution in [1.29, 1.82) is 0 Å². The number of benzene rings is 1. The quantitative estimate of drug-likeness (QED) is 0.502. The van der Waals surface area contributed by atoms with Gasteiger partial charge >= 0.3 is 0 Å². The van der Waals surface area contributed by atoms with E-state index >= 15 is 0 Å². The van der Waals surface area contributed by atoms with Gasteiger partial charge in [-0.15, -0.1) is 0 Å². The first kappa shape index (κ1) is 18.4. The molecule has 1 aliphatic rings. The smallest absolute Gasteiger partial charge is 0.230 e. The van der Waals surface area contributed by atoms with Gasteiger partial charge in [0.15, 0.2) is 0 Å². The van der Waals surface area contributed by atoms with Gasteiger partial charge in [0, 0.05) is 11.6 Å². The lowest BCUT2D eigenvalue weighted by atomic mass is 9.95. The molecule has 1 N–H and O–H groups in total. The lowest BCUT2D eigenvalue weighted by Gasteiger charge is -2.22. The van der Waals surface area contributed by atoms with Gasteiger partial charge in [0.25, 0.3) is 0 Å². The van der Waals surface area contributed by atoms with Crippen molar-refractivity contribution >= 4 is 39.4 Å². The molecular formula is C20H22N4OS2.